The Morgan fingerprint density at radius 2 is 1.06 bits per heavy atom. The van der Waals surface area contributed by atoms with Crippen LogP contribution in [0.25, 0.3) is 6.08 Å². The Balaban J connectivity index is 0.000000308. The van der Waals surface area contributed by atoms with Gasteiger partial charge >= 0.3 is 0 Å². The summed E-state index contributed by atoms with van der Waals surface area (Å²) in [4.78, 5) is 0. The van der Waals surface area contributed by atoms with Crippen LogP contribution in [0.5, 0.6) is 0 Å². The summed E-state index contributed by atoms with van der Waals surface area (Å²) in [6, 6.07) is 22.1. The van der Waals surface area contributed by atoms with Gasteiger partial charge in [0, 0.05) is 0 Å². The quantitative estimate of drug-likeness (QED) is 0.485. The summed E-state index contributed by atoms with van der Waals surface area (Å²) in [5.41, 5.74) is 1.21. The third-order valence-corrected chi connectivity index (χ3v) is 1.89. The predicted octanol–water partition coefficient (Wildman–Crippen LogP) is 5.37. The van der Waals surface area contributed by atoms with Crippen molar-refractivity contribution in [1.29, 1.82) is 0 Å². The van der Waals surface area contributed by atoms with Crippen LogP contribution in [0.4, 0.5) is 0 Å². The third kappa shape index (κ3) is 8.93. The highest BCUT2D eigenvalue weighted by atomic mass is 13.8. The van der Waals surface area contributed by atoms with Gasteiger partial charge in [-0.1, -0.05) is 91.5 Å². The van der Waals surface area contributed by atoms with Gasteiger partial charge in [-0.3, -0.25) is 0 Å². The van der Waals surface area contributed by atoms with Crippen molar-refractivity contribution < 1.29 is 0 Å². The Hall–Kier alpha value is -2.34. The van der Waals surface area contributed by atoms with Gasteiger partial charge in [0.2, 0.25) is 0 Å². The van der Waals surface area contributed by atoms with E-state index < -0.39 is 0 Å². The highest BCUT2D eigenvalue weighted by Crippen LogP contribution is 1.99. The van der Waals surface area contributed by atoms with Crippen LogP contribution < -0.4 is 0 Å². The average molecular weight is 236 g/mol. The molecule has 0 spiro atoms. The van der Waals surface area contributed by atoms with Crippen LogP contribution in [0, 0.1) is 0 Å². The maximum Gasteiger partial charge on any atom is -0.0257 e. The smallest absolute Gasteiger partial charge is 0.0257 e. The molecule has 0 radical (unpaired) electrons. The molecule has 0 aromatic heterocycles. The van der Waals surface area contributed by atoms with Gasteiger partial charge in [0.15, 0.2) is 0 Å². The molecule has 0 unspecified atom stereocenters. The Morgan fingerprint density at radius 3 is 1.44 bits per heavy atom. The molecule has 0 fully saturated rings. The molecule has 0 amide bonds. The molecule has 0 bridgehead atoms. The number of benzene rings is 2. The predicted molar refractivity (Wildman–Crippen MR) is 83.4 cm³/mol. The zero-order valence-corrected chi connectivity index (χ0v) is 10.7. The minimum atomic E-state index is 1.21. The molecule has 2 aromatic rings. The van der Waals surface area contributed by atoms with E-state index in [4.69, 9.17) is 0 Å². The topological polar surface area (TPSA) is 0 Å². The van der Waals surface area contributed by atoms with E-state index in [1.807, 2.05) is 66.7 Å². The molecule has 2 aromatic carbocycles. The molecule has 0 heteroatoms. The Morgan fingerprint density at radius 1 is 0.667 bits per heavy atom. The molecule has 18 heavy (non-hydrogen) atoms. The van der Waals surface area contributed by atoms with Gasteiger partial charge in [-0.25, -0.2) is 0 Å². The van der Waals surface area contributed by atoms with Gasteiger partial charge in [0.25, 0.3) is 0 Å². The van der Waals surface area contributed by atoms with E-state index in [0.717, 1.165) is 0 Å². The molecular formula is C18H20. The largest absolute Gasteiger partial charge is 0.106 e. The van der Waals surface area contributed by atoms with Crippen molar-refractivity contribution in [3.8, 4) is 0 Å². The summed E-state index contributed by atoms with van der Waals surface area (Å²) in [6.07, 6.45) is 5.72. The van der Waals surface area contributed by atoms with Crippen LogP contribution in [0.2, 0.25) is 0 Å². The van der Waals surface area contributed by atoms with Crippen molar-refractivity contribution in [3.63, 3.8) is 0 Å². The van der Waals surface area contributed by atoms with E-state index in [0.29, 0.717) is 0 Å². The van der Waals surface area contributed by atoms with Gasteiger partial charge in [-0.15, -0.1) is 13.2 Å². The lowest BCUT2D eigenvalue weighted by molar-refractivity contribution is 1.66. The van der Waals surface area contributed by atoms with E-state index in [9.17, 15) is 0 Å². The SMILES string of the molecule is C=C.C=CC=Cc1ccccc1.c1ccccc1. The maximum atomic E-state index is 3.59. The molecule has 92 valence electrons. The van der Waals surface area contributed by atoms with Gasteiger partial charge < -0.3 is 0 Å². The Kier molecular flexibility index (Phi) is 11.1. The monoisotopic (exact) mass is 236 g/mol. The molecule has 0 nitrogen and oxygen atoms in total. The molecule has 0 N–H and O–H groups in total. The first-order valence-corrected chi connectivity index (χ1v) is 5.77. The van der Waals surface area contributed by atoms with Gasteiger partial charge in [-0.05, 0) is 5.56 Å². The first-order valence-electron chi connectivity index (χ1n) is 5.77. The van der Waals surface area contributed by atoms with Crippen LogP contribution >= 0.6 is 0 Å². The summed E-state index contributed by atoms with van der Waals surface area (Å²) in [6.45, 7) is 9.59. The molecule has 0 aliphatic heterocycles. The fourth-order valence-corrected chi connectivity index (χ4v) is 1.13. The number of allylic oxidation sites excluding steroid dienone is 2. The standard InChI is InChI=1S/C10H10.C6H6.C2H4/c1-2-3-7-10-8-5-4-6-9-10;1-2-4-6-5-3-1;1-2/h2-9H,1H2;1-6H;1-2H2. The second-order valence-corrected chi connectivity index (χ2v) is 3.16. The summed E-state index contributed by atoms with van der Waals surface area (Å²) >= 11 is 0. The highest BCUT2D eigenvalue weighted by molar-refractivity contribution is 5.50. The fourth-order valence-electron chi connectivity index (χ4n) is 1.13. The average Bonchev–Trinajstić information content (AvgIpc) is 2.51. The van der Waals surface area contributed by atoms with Crippen molar-refractivity contribution in [2.45, 2.75) is 0 Å². The molecular weight excluding hydrogens is 216 g/mol. The van der Waals surface area contributed by atoms with Crippen molar-refractivity contribution in [1.82, 2.24) is 0 Å². The number of hydrogen-bond acceptors (Lipinski definition) is 0. The van der Waals surface area contributed by atoms with Gasteiger partial charge in [-0.2, -0.15) is 0 Å². The van der Waals surface area contributed by atoms with Crippen LogP contribution in [0.15, 0.2) is 98.6 Å². The van der Waals surface area contributed by atoms with E-state index >= 15 is 0 Å². The van der Waals surface area contributed by atoms with Gasteiger partial charge in [0.05, 0.1) is 0 Å². The molecule has 2 rings (SSSR count). The second-order valence-electron chi connectivity index (χ2n) is 3.16. The first kappa shape index (κ1) is 15.7. The van der Waals surface area contributed by atoms with Crippen LogP contribution in [0.3, 0.4) is 0 Å². The summed E-state index contributed by atoms with van der Waals surface area (Å²) in [5.74, 6) is 0. The second kappa shape index (κ2) is 12.7. The minimum Gasteiger partial charge on any atom is -0.106 e. The first-order chi connectivity index (χ1) is 8.93. The molecule has 0 aliphatic rings. The lowest BCUT2D eigenvalue weighted by Crippen LogP contribution is -1.65. The summed E-state index contributed by atoms with van der Waals surface area (Å²) in [7, 11) is 0. The normalized spacial score (nSPS) is 8.44. The zero-order chi connectivity index (χ0) is 13.5. The molecule has 0 aliphatic carbocycles. The Bertz CT molecular complexity index is 386. The lowest BCUT2D eigenvalue weighted by atomic mass is 10.2. The zero-order valence-electron chi connectivity index (χ0n) is 10.7. The van der Waals surface area contributed by atoms with Crippen molar-refractivity contribution >= 4 is 6.08 Å². The Labute approximate surface area is 111 Å². The highest BCUT2D eigenvalue weighted by Gasteiger charge is 1.78. The van der Waals surface area contributed by atoms with Crippen molar-refractivity contribution in [2.24, 2.45) is 0 Å². The van der Waals surface area contributed by atoms with E-state index in [1.165, 1.54) is 5.56 Å². The van der Waals surface area contributed by atoms with E-state index in [-0.39, 0.29) is 0 Å². The van der Waals surface area contributed by atoms with Crippen LogP contribution in [-0.4, -0.2) is 0 Å². The summed E-state index contributed by atoms with van der Waals surface area (Å²) < 4.78 is 0. The molecule has 0 atom stereocenters. The number of rotatable bonds is 2. The maximum absolute atomic E-state index is 3.59. The minimum absolute atomic E-state index is 1.21. The molecule has 0 saturated carbocycles. The lowest BCUT2D eigenvalue weighted by Gasteiger charge is -1.87. The number of hydrogen-bond donors (Lipinski definition) is 0. The van der Waals surface area contributed by atoms with Crippen molar-refractivity contribution in [2.75, 3.05) is 0 Å². The van der Waals surface area contributed by atoms with Crippen LogP contribution in [0.1, 0.15) is 5.56 Å². The van der Waals surface area contributed by atoms with Crippen LogP contribution in [-0.2, 0) is 0 Å². The fraction of sp³-hybridized carbons (Fsp3) is 0. The third-order valence-electron chi connectivity index (χ3n) is 1.89. The van der Waals surface area contributed by atoms with Crippen molar-refractivity contribution in [3.05, 3.63) is 104 Å². The van der Waals surface area contributed by atoms with E-state index in [2.05, 4.69) is 31.9 Å². The van der Waals surface area contributed by atoms with E-state index in [1.54, 1.807) is 6.08 Å². The molecule has 0 heterocycles. The molecule has 0 saturated heterocycles. The summed E-state index contributed by atoms with van der Waals surface area (Å²) in [5, 5.41) is 0. The van der Waals surface area contributed by atoms with Gasteiger partial charge in [0.1, 0.15) is 0 Å².